The predicted octanol–water partition coefficient (Wildman–Crippen LogP) is 1.93. The second-order valence-electron chi connectivity index (χ2n) is 7.94. The smallest absolute Gasteiger partial charge is 0.362 e. The summed E-state index contributed by atoms with van der Waals surface area (Å²) in [4.78, 5) is 38.8. The number of nitroso groups, excluding NO2 is 1. The van der Waals surface area contributed by atoms with Crippen molar-refractivity contribution in [2.75, 3.05) is 13.2 Å². The van der Waals surface area contributed by atoms with Gasteiger partial charge in [0.15, 0.2) is 5.43 Å². The van der Waals surface area contributed by atoms with Crippen LogP contribution in [-0.4, -0.2) is 41.0 Å². The molecule has 1 aromatic heterocycles. The molecule has 0 fully saturated rings. The van der Waals surface area contributed by atoms with Crippen LogP contribution in [0.15, 0.2) is 27.8 Å². The van der Waals surface area contributed by atoms with Crippen LogP contribution in [0.25, 0.3) is 5.57 Å². The van der Waals surface area contributed by atoms with Crippen molar-refractivity contribution in [1.29, 1.82) is 0 Å². The van der Waals surface area contributed by atoms with Crippen molar-refractivity contribution in [2.45, 2.75) is 57.8 Å². The summed E-state index contributed by atoms with van der Waals surface area (Å²) in [6.07, 6.45) is 2.63. The van der Waals surface area contributed by atoms with E-state index in [-0.39, 0.29) is 30.2 Å². The van der Waals surface area contributed by atoms with Crippen molar-refractivity contribution in [3.05, 3.63) is 44.2 Å². The molecule has 3 atom stereocenters. The minimum absolute atomic E-state index is 0.0452. The number of ether oxygens (including phenoxy) is 1. The highest BCUT2D eigenvalue weighted by Crippen LogP contribution is 2.44. The number of hydrogen-bond acceptors (Lipinski definition) is 8. The summed E-state index contributed by atoms with van der Waals surface area (Å²) in [5.74, 6) is 4.35. The lowest BCUT2D eigenvalue weighted by molar-refractivity contribution is -0.0391. The first kappa shape index (κ1) is 21.4. The van der Waals surface area contributed by atoms with Crippen LogP contribution >= 0.6 is 0 Å². The molecule has 9 heteroatoms. The predicted molar refractivity (Wildman–Crippen MR) is 106 cm³/mol. The van der Waals surface area contributed by atoms with Crippen molar-refractivity contribution in [3.63, 3.8) is 0 Å². The van der Waals surface area contributed by atoms with Crippen LogP contribution in [0.5, 0.6) is 0 Å². The van der Waals surface area contributed by atoms with Crippen LogP contribution in [0.1, 0.15) is 61.6 Å². The minimum atomic E-state index is -0.866. The molecule has 3 N–H and O–H groups in total. The number of pyridine rings is 1. The van der Waals surface area contributed by atoms with Gasteiger partial charge < -0.3 is 19.2 Å². The lowest BCUT2D eigenvalue weighted by atomic mass is 9.78. The number of aliphatic hydroxyl groups excluding tert-OH is 1. The van der Waals surface area contributed by atoms with E-state index in [0.29, 0.717) is 31.6 Å². The van der Waals surface area contributed by atoms with E-state index >= 15 is 0 Å². The Balaban J connectivity index is 1.96. The average Bonchev–Trinajstić information content (AvgIpc) is 2.70. The lowest BCUT2D eigenvalue weighted by Crippen LogP contribution is -2.38. The Hall–Kier alpha value is -2.36. The van der Waals surface area contributed by atoms with Gasteiger partial charge >= 0.3 is 5.97 Å². The third-order valence-corrected chi connectivity index (χ3v) is 5.74. The third kappa shape index (κ3) is 4.31. The topological polar surface area (TPSA) is 133 Å². The van der Waals surface area contributed by atoms with Gasteiger partial charge in [-0.15, -0.1) is 0 Å². The van der Waals surface area contributed by atoms with E-state index in [1.54, 1.807) is 0 Å². The van der Waals surface area contributed by atoms with E-state index in [0.717, 1.165) is 17.6 Å². The summed E-state index contributed by atoms with van der Waals surface area (Å²) < 4.78 is 7.72. The molecule has 0 spiro atoms. The molecule has 3 unspecified atom stereocenters. The zero-order valence-electron chi connectivity index (χ0n) is 16.7. The first-order valence-corrected chi connectivity index (χ1v) is 9.84. The number of nitrogens with two attached hydrogens (primary N) is 1. The summed E-state index contributed by atoms with van der Waals surface area (Å²) in [7, 11) is 0. The monoisotopic (exact) mass is 405 g/mol. The van der Waals surface area contributed by atoms with Gasteiger partial charge in [-0.3, -0.25) is 4.79 Å². The van der Waals surface area contributed by atoms with Crippen LogP contribution in [0.2, 0.25) is 0 Å². The summed E-state index contributed by atoms with van der Waals surface area (Å²) in [6, 6.07) is 1.48. The molecule has 0 saturated heterocycles. The fourth-order valence-corrected chi connectivity index (χ4v) is 4.20. The minimum Gasteiger partial charge on any atom is -0.390 e. The van der Waals surface area contributed by atoms with Gasteiger partial charge in [0, 0.05) is 37.0 Å². The van der Waals surface area contributed by atoms with E-state index in [2.05, 4.69) is 23.9 Å². The molecule has 0 saturated carbocycles. The molecule has 2 aliphatic rings. The summed E-state index contributed by atoms with van der Waals surface area (Å²) in [5, 5.41) is 13.4. The SMILES string of the molecule is CC(C)C1CC2=C(CC(O)C(OCCCN=O)C2)c2cc(=O)c(C(=O)ON)cn21. The van der Waals surface area contributed by atoms with Gasteiger partial charge in [-0.2, -0.15) is 10.8 Å². The average molecular weight is 405 g/mol. The van der Waals surface area contributed by atoms with E-state index in [4.69, 9.17) is 10.6 Å². The number of rotatable bonds is 7. The molecule has 0 aromatic carbocycles. The molecule has 0 amide bonds. The van der Waals surface area contributed by atoms with E-state index in [9.17, 15) is 19.6 Å². The zero-order chi connectivity index (χ0) is 21.1. The highest BCUT2D eigenvalue weighted by atomic mass is 16.7. The molecule has 9 nitrogen and oxygen atoms in total. The summed E-state index contributed by atoms with van der Waals surface area (Å²) >= 11 is 0. The maximum atomic E-state index is 12.5. The fourth-order valence-electron chi connectivity index (χ4n) is 4.20. The number of fused-ring (bicyclic) bond motifs is 2. The Morgan fingerprint density at radius 2 is 2.14 bits per heavy atom. The molecule has 29 heavy (non-hydrogen) atoms. The van der Waals surface area contributed by atoms with Crippen LogP contribution in [0, 0.1) is 10.8 Å². The number of aromatic nitrogens is 1. The second kappa shape index (κ2) is 8.98. The highest BCUT2D eigenvalue weighted by Gasteiger charge is 2.36. The quantitative estimate of drug-likeness (QED) is 0.402. The number of nitrogens with zero attached hydrogens (tertiary/aromatic N) is 2. The Labute approximate surface area is 168 Å². The molecule has 3 rings (SSSR count). The Bertz CT molecular complexity index is 875. The molecule has 158 valence electrons. The van der Waals surface area contributed by atoms with Crippen molar-refractivity contribution in [2.24, 2.45) is 17.0 Å². The van der Waals surface area contributed by atoms with E-state index < -0.39 is 17.5 Å². The van der Waals surface area contributed by atoms with Gasteiger partial charge in [0.1, 0.15) is 5.56 Å². The number of carbonyl (C=O) groups is 1. The maximum Gasteiger partial charge on any atom is 0.362 e. The second-order valence-corrected chi connectivity index (χ2v) is 7.94. The zero-order valence-corrected chi connectivity index (χ0v) is 16.7. The molecular formula is C20H27N3O6. The Morgan fingerprint density at radius 1 is 1.38 bits per heavy atom. The number of carbonyl (C=O) groups excluding carboxylic acids is 1. The molecular weight excluding hydrogens is 378 g/mol. The van der Waals surface area contributed by atoms with Crippen LogP contribution < -0.4 is 11.3 Å². The van der Waals surface area contributed by atoms with Crippen LogP contribution in [0.3, 0.4) is 0 Å². The van der Waals surface area contributed by atoms with Gasteiger partial charge in [-0.1, -0.05) is 24.6 Å². The van der Waals surface area contributed by atoms with Crippen molar-refractivity contribution >= 4 is 11.5 Å². The molecule has 1 aliphatic heterocycles. The molecule has 1 aromatic rings. The molecule has 0 bridgehead atoms. The molecule has 0 radical (unpaired) electrons. The van der Waals surface area contributed by atoms with Gasteiger partial charge in [0.25, 0.3) is 0 Å². The number of aliphatic hydroxyl groups is 1. The normalized spacial score (nSPS) is 23.6. The van der Waals surface area contributed by atoms with E-state index in [1.807, 2.05) is 4.57 Å². The van der Waals surface area contributed by atoms with Crippen LogP contribution in [0.4, 0.5) is 0 Å². The molecule has 2 heterocycles. The summed E-state index contributed by atoms with van der Waals surface area (Å²) in [6.45, 7) is 4.72. The van der Waals surface area contributed by atoms with Gasteiger partial charge in [-0.05, 0) is 30.8 Å². The first-order valence-electron chi connectivity index (χ1n) is 9.84. The van der Waals surface area contributed by atoms with Crippen molar-refractivity contribution in [3.8, 4) is 0 Å². The Kier molecular flexibility index (Phi) is 6.61. The lowest BCUT2D eigenvalue weighted by Gasteiger charge is -2.40. The third-order valence-electron chi connectivity index (χ3n) is 5.74. The maximum absolute atomic E-state index is 12.5. The number of hydrogen-bond donors (Lipinski definition) is 2. The van der Waals surface area contributed by atoms with Gasteiger partial charge in [0.05, 0.1) is 18.8 Å². The van der Waals surface area contributed by atoms with Crippen molar-refractivity contribution in [1.82, 2.24) is 4.57 Å². The van der Waals surface area contributed by atoms with Gasteiger partial charge in [0.2, 0.25) is 0 Å². The van der Waals surface area contributed by atoms with Crippen LogP contribution in [-0.2, 0) is 9.57 Å². The Morgan fingerprint density at radius 3 is 2.79 bits per heavy atom. The first-order chi connectivity index (χ1) is 13.9. The molecule has 1 aliphatic carbocycles. The summed E-state index contributed by atoms with van der Waals surface area (Å²) in [5.41, 5.74) is 2.23. The highest BCUT2D eigenvalue weighted by molar-refractivity contribution is 5.89. The largest absolute Gasteiger partial charge is 0.390 e. The van der Waals surface area contributed by atoms with Gasteiger partial charge in [-0.25, -0.2) is 4.79 Å². The van der Waals surface area contributed by atoms with E-state index in [1.165, 1.54) is 12.3 Å². The van der Waals surface area contributed by atoms with Crippen molar-refractivity contribution < 1.29 is 19.5 Å². The fraction of sp³-hybridized carbons (Fsp3) is 0.600. The standard InChI is InChI=1S/C20H27N3O6/c1-11(2)15-6-12-7-19(28-5-3-4-22-27)18(25)8-13(12)16-9-17(24)14(10-23(15)16)20(26)29-21/h9-11,15,18-19,25H,3-8,21H2,1-2H3.